The molecule has 0 saturated heterocycles. The molecule has 0 unspecified atom stereocenters. The second-order valence-electron chi connectivity index (χ2n) is 4.87. The largest absolute Gasteiger partial charge is 0.464 e. The Morgan fingerprint density at radius 1 is 1.24 bits per heavy atom. The first-order chi connectivity index (χ1) is 10.1. The van der Waals surface area contributed by atoms with Crippen molar-refractivity contribution in [3.63, 3.8) is 0 Å². The summed E-state index contributed by atoms with van der Waals surface area (Å²) in [4.78, 5) is 10.3. The summed E-state index contributed by atoms with van der Waals surface area (Å²) in [7, 11) is 0. The van der Waals surface area contributed by atoms with Gasteiger partial charge >= 0.3 is 0 Å². The number of nitrogens with zero attached hydrogens (tertiary/aromatic N) is 1. The van der Waals surface area contributed by atoms with Crippen molar-refractivity contribution in [1.29, 1.82) is 0 Å². The van der Waals surface area contributed by atoms with E-state index in [0.29, 0.717) is 6.54 Å². The van der Waals surface area contributed by atoms with Crippen molar-refractivity contribution >= 4 is 22.3 Å². The van der Waals surface area contributed by atoms with Gasteiger partial charge in [-0.2, -0.15) is 0 Å². The summed E-state index contributed by atoms with van der Waals surface area (Å²) < 4.78 is 5.49. The van der Waals surface area contributed by atoms with E-state index in [-0.39, 0.29) is 10.6 Å². The summed E-state index contributed by atoms with van der Waals surface area (Å²) >= 11 is 0. The van der Waals surface area contributed by atoms with E-state index in [0.717, 1.165) is 27.8 Å². The Hall–Kier alpha value is -2.82. The van der Waals surface area contributed by atoms with Gasteiger partial charge in [0.25, 0.3) is 5.69 Å². The minimum atomic E-state index is -0.389. The number of furan rings is 1. The summed E-state index contributed by atoms with van der Waals surface area (Å²) in [5.41, 5.74) is 3.74. The van der Waals surface area contributed by atoms with Crippen LogP contribution in [0.15, 0.2) is 53.1 Å². The Morgan fingerprint density at radius 2 is 2.05 bits per heavy atom. The summed E-state index contributed by atoms with van der Waals surface area (Å²) in [5, 5.41) is 15.1. The topological polar surface area (TPSA) is 68.3 Å². The maximum absolute atomic E-state index is 10.7. The number of rotatable bonds is 4. The maximum Gasteiger partial charge on any atom is 0.269 e. The van der Waals surface area contributed by atoms with E-state index < -0.39 is 0 Å². The first kappa shape index (κ1) is 13.2. The second-order valence-corrected chi connectivity index (χ2v) is 4.87. The molecular weight excluding hydrogens is 268 g/mol. The molecule has 3 rings (SSSR count). The number of hydrogen-bond donors (Lipinski definition) is 1. The SMILES string of the molecule is Cc1cc([N+](=O)[O-])ccc1NCc1coc2ccccc12. The molecule has 21 heavy (non-hydrogen) atoms. The van der Waals surface area contributed by atoms with E-state index in [1.54, 1.807) is 18.4 Å². The lowest BCUT2D eigenvalue weighted by molar-refractivity contribution is -0.384. The third-order valence-electron chi connectivity index (χ3n) is 3.45. The lowest BCUT2D eigenvalue weighted by atomic mass is 10.1. The molecule has 0 bridgehead atoms. The number of nitro benzene ring substituents is 1. The van der Waals surface area contributed by atoms with Crippen LogP contribution in [0, 0.1) is 17.0 Å². The van der Waals surface area contributed by atoms with Crippen LogP contribution in [-0.4, -0.2) is 4.92 Å². The molecule has 0 fully saturated rings. The molecule has 0 spiro atoms. The van der Waals surface area contributed by atoms with E-state index in [4.69, 9.17) is 4.42 Å². The molecule has 3 aromatic rings. The Morgan fingerprint density at radius 3 is 2.81 bits per heavy atom. The summed E-state index contributed by atoms with van der Waals surface area (Å²) in [6, 6.07) is 12.6. The zero-order chi connectivity index (χ0) is 14.8. The Kier molecular flexibility index (Phi) is 3.31. The molecule has 106 valence electrons. The first-order valence-corrected chi connectivity index (χ1v) is 6.59. The predicted molar refractivity (Wildman–Crippen MR) is 81.4 cm³/mol. The van der Waals surface area contributed by atoms with Crippen LogP contribution in [0.5, 0.6) is 0 Å². The van der Waals surface area contributed by atoms with Crippen LogP contribution in [0.3, 0.4) is 0 Å². The fourth-order valence-electron chi connectivity index (χ4n) is 2.32. The van der Waals surface area contributed by atoms with Gasteiger partial charge in [-0.05, 0) is 24.6 Å². The highest BCUT2D eigenvalue weighted by molar-refractivity contribution is 5.81. The van der Waals surface area contributed by atoms with Crippen LogP contribution in [0.4, 0.5) is 11.4 Å². The van der Waals surface area contributed by atoms with Crippen LogP contribution in [0.25, 0.3) is 11.0 Å². The number of para-hydroxylation sites is 1. The van der Waals surface area contributed by atoms with Gasteiger partial charge in [0.2, 0.25) is 0 Å². The van der Waals surface area contributed by atoms with Crippen molar-refractivity contribution in [1.82, 2.24) is 0 Å². The van der Waals surface area contributed by atoms with E-state index in [9.17, 15) is 10.1 Å². The molecule has 0 aliphatic heterocycles. The molecule has 0 aliphatic carbocycles. The summed E-state index contributed by atoms with van der Waals surface area (Å²) in [6.07, 6.45) is 1.73. The van der Waals surface area contributed by atoms with Gasteiger partial charge in [0, 0.05) is 35.3 Å². The lowest BCUT2D eigenvalue weighted by Gasteiger charge is -2.08. The number of benzene rings is 2. The fourth-order valence-corrected chi connectivity index (χ4v) is 2.32. The minimum absolute atomic E-state index is 0.104. The number of anilines is 1. The molecule has 0 aliphatic rings. The van der Waals surface area contributed by atoms with E-state index in [2.05, 4.69) is 5.32 Å². The van der Waals surface area contributed by atoms with Crippen molar-refractivity contribution in [2.45, 2.75) is 13.5 Å². The molecule has 0 atom stereocenters. The van der Waals surface area contributed by atoms with Crippen LogP contribution < -0.4 is 5.32 Å². The van der Waals surface area contributed by atoms with Crippen molar-refractivity contribution in [3.8, 4) is 0 Å². The fraction of sp³-hybridized carbons (Fsp3) is 0.125. The average Bonchev–Trinajstić information content (AvgIpc) is 2.89. The number of fused-ring (bicyclic) bond motifs is 1. The number of non-ortho nitro benzene ring substituents is 1. The lowest BCUT2D eigenvalue weighted by Crippen LogP contribution is -2.01. The molecule has 0 saturated carbocycles. The van der Waals surface area contributed by atoms with Gasteiger partial charge in [0.1, 0.15) is 5.58 Å². The highest BCUT2D eigenvalue weighted by atomic mass is 16.6. The van der Waals surface area contributed by atoms with Crippen LogP contribution in [0.2, 0.25) is 0 Å². The van der Waals surface area contributed by atoms with Gasteiger partial charge in [0.05, 0.1) is 11.2 Å². The molecule has 5 nitrogen and oxygen atoms in total. The summed E-state index contributed by atoms with van der Waals surface area (Å²) in [5.74, 6) is 0. The van der Waals surface area contributed by atoms with E-state index in [1.165, 1.54) is 6.07 Å². The Balaban J connectivity index is 1.80. The van der Waals surface area contributed by atoms with E-state index in [1.807, 2.05) is 31.2 Å². The minimum Gasteiger partial charge on any atom is -0.464 e. The normalized spacial score (nSPS) is 10.7. The third kappa shape index (κ3) is 2.58. The number of nitrogens with one attached hydrogen (secondary N) is 1. The highest BCUT2D eigenvalue weighted by Gasteiger charge is 2.09. The van der Waals surface area contributed by atoms with Gasteiger partial charge in [-0.15, -0.1) is 0 Å². The monoisotopic (exact) mass is 282 g/mol. The smallest absolute Gasteiger partial charge is 0.269 e. The summed E-state index contributed by atoms with van der Waals surface area (Å²) in [6.45, 7) is 2.46. The van der Waals surface area contributed by atoms with Crippen molar-refractivity contribution in [2.75, 3.05) is 5.32 Å². The number of aryl methyl sites for hydroxylation is 1. The van der Waals surface area contributed by atoms with Gasteiger partial charge in [-0.1, -0.05) is 18.2 Å². The molecule has 0 radical (unpaired) electrons. The van der Waals surface area contributed by atoms with Gasteiger partial charge in [-0.3, -0.25) is 10.1 Å². The number of hydrogen-bond acceptors (Lipinski definition) is 4. The van der Waals surface area contributed by atoms with E-state index >= 15 is 0 Å². The second kappa shape index (κ2) is 5.28. The number of nitro groups is 1. The first-order valence-electron chi connectivity index (χ1n) is 6.59. The molecule has 1 heterocycles. The van der Waals surface area contributed by atoms with Crippen molar-refractivity contribution < 1.29 is 9.34 Å². The van der Waals surface area contributed by atoms with Gasteiger partial charge < -0.3 is 9.73 Å². The van der Waals surface area contributed by atoms with Crippen molar-refractivity contribution in [3.05, 3.63) is 70.0 Å². The molecule has 1 N–H and O–H groups in total. The average molecular weight is 282 g/mol. The maximum atomic E-state index is 10.7. The molecular formula is C16H14N2O3. The highest BCUT2D eigenvalue weighted by Crippen LogP contribution is 2.24. The predicted octanol–water partition coefficient (Wildman–Crippen LogP) is 4.26. The zero-order valence-electron chi connectivity index (χ0n) is 11.5. The Labute approximate surface area is 121 Å². The quantitative estimate of drug-likeness (QED) is 0.573. The molecule has 2 aromatic carbocycles. The van der Waals surface area contributed by atoms with Gasteiger partial charge in [-0.25, -0.2) is 0 Å². The Bertz CT molecular complexity index is 808. The van der Waals surface area contributed by atoms with Crippen LogP contribution in [0.1, 0.15) is 11.1 Å². The van der Waals surface area contributed by atoms with Crippen LogP contribution in [-0.2, 0) is 6.54 Å². The van der Waals surface area contributed by atoms with Crippen molar-refractivity contribution in [2.24, 2.45) is 0 Å². The van der Waals surface area contributed by atoms with Crippen LogP contribution >= 0.6 is 0 Å². The zero-order valence-corrected chi connectivity index (χ0v) is 11.5. The molecule has 1 aromatic heterocycles. The molecule has 5 heteroatoms. The standard InChI is InChI=1S/C16H14N2O3/c1-11-8-13(18(19)20)6-7-15(11)17-9-12-10-21-16-5-3-2-4-14(12)16/h2-8,10,17H,9H2,1H3. The van der Waals surface area contributed by atoms with Gasteiger partial charge in [0.15, 0.2) is 0 Å². The third-order valence-corrected chi connectivity index (χ3v) is 3.45. The molecule has 0 amide bonds.